The van der Waals surface area contributed by atoms with Crippen molar-refractivity contribution in [2.75, 3.05) is 31.2 Å². The van der Waals surface area contributed by atoms with E-state index < -0.39 is 10.0 Å². The van der Waals surface area contributed by atoms with Crippen molar-refractivity contribution in [1.29, 1.82) is 0 Å². The fourth-order valence-corrected chi connectivity index (χ4v) is 4.61. The Balaban J connectivity index is 1.47. The van der Waals surface area contributed by atoms with E-state index in [1.54, 1.807) is 28.5 Å². The maximum absolute atomic E-state index is 11.6. The van der Waals surface area contributed by atoms with E-state index in [1.807, 2.05) is 18.2 Å². The summed E-state index contributed by atoms with van der Waals surface area (Å²) < 4.78 is 24.7. The predicted molar refractivity (Wildman–Crippen MR) is 106 cm³/mol. The first kappa shape index (κ1) is 19.1. The summed E-state index contributed by atoms with van der Waals surface area (Å²) in [5.74, 6) is 2.09. The fourth-order valence-electron chi connectivity index (χ4n) is 2.93. The summed E-state index contributed by atoms with van der Waals surface area (Å²) in [5, 5.41) is 4.25. The summed E-state index contributed by atoms with van der Waals surface area (Å²) in [7, 11) is -3.06. The minimum absolute atomic E-state index is 0.454. The van der Waals surface area contributed by atoms with Gasteiger partial charge in [0.15, 0.2) is 0 Å². The van der Waals surface area contributed by atoms with Gasteiger partial charge in [-0.15, -0.1) is 11.8 Å². The zero-order chi connectivity index (χ0) is 18.4. The predicted octanol–water partition coefficient (Wildman–Crippen LogP) is 2.85. The number of hydrogen-bond acceptors (Lipinski definition) is 6. The van der Waals surface area contributed by atoms with Crippen LogP contribution in [-0.4, -0.2) is 48.6 Å². The highest BCUT2D eigenvalue weighted by molar-refractivity contribution is 7.98. The van der Waals surface area contributed by atoms with E-state index in [1.165, 1.54) is 11.8 Å². The van der Waals surface area contributed by atoms with Crippen LogP contribution in [0.3, 0.4) is 0 Å². The third kappa shape index (κ3) is 5.69. The van der Waals surface area contributed by atoms with Crippen molar-refractivity contribution in [1.82, 2.24) is 14.3 Å². The van der Waals surface area contributed by atoms with Gasteiger partial charge in [0.1, 0.15) is 10.8 Å². The van der Waals surface area contributed by atoms with Crippen LogP contribution in [0.4, 0.5) is 5.82 Å². The van der Waals surface area contributed by atoms with Crippen LogP contribution in [0.15, 0.2) is 47.8 Å². The Labute approximate surface area is 159 Å². The van der Waals surface area contributed by atoms with E-state index in [9.17, 15) is 8.42 Å². The monoisotopic (exact) mass is 392 g/mol. The highest BCUT2D eigenvalue weighted by Crippen LogP contribution is 2.22. The molecule has 0 saturated carbocycles. The van der Waals surface area contributed by atoms with Gasteiger partial charge in [-0.1, -0.05) is 30.3 Å². The van der Waals surface area contributed by atoms with Gasteiger partial charge < -0.3 is 5.32 Å². The number of nitrogens with one attached hydrogen (secondary N) is 1. The lowest BCUT2D eigenvalue weighted by atomic mass is 9.98. The average molecular weight is 393 g/mol. The highest BCUT2D eigenvalue weighted by Gasteiger charge is 2.24. The number of sulfonamides is 1. The van der Waals surface area contributed by atoms with Crippen molar-refractivity contribution in [3.63, 3.8) is 0 Å². The second kappa shape index (κ2) is 8.83. The summed E-state index contributed by atoms with van der Waals surface area (Å²) in [6.45, 7) is 1.99. The molecule has 140 valence electrons. The first-order chi connectivity index (χ1) is 12.5. The summed E-state index contributed by atoms with van der Waals surface area (Å²) in [5.41, 5.74) is 1.26. The number of anilines is 1. The Morgan fingerprint density at radius 3 is 2.62 bits per heavy atom. The molecule has 0 unspecified atom stereocenters. The van der Waals surface area contributed by atoms with E-state index in [-0.39, 0.29) is 0 Å². The lowest BCUT2D eigenvalue weighted by Crippen LogP contribution is -2.39. The van der Waals surface area contributed by atoms with E-state index >= 15 is 0 Å². The summed E-state index contributed by atoms with van der Waals surface area (Å²) in [6.07, 6.45) is 6.53. The molecule has 1 fully saturated rings. The van der Waals surface area contributed by atoms with Crippen LogP contribution in [0.25, 0.3) is 0 Å². The lowest BCUT2D eigenvalue weighted by molar-refractivity contribution is 0.283. The SMILES string of the molecule is CS(=O)(=O)N1CCC(CNc2cncc(SCc3ccccc3)n2)CC1. The normalized spacial score (nSPS) is 16.5. The maximum Gasteiger partial charge on any atom is 0.211 e. The molecule has 1 aliphatic rings. The van der Waals surface area contributed by atoms with Crippen LogP contribution in [0.2, 0.25) is 0 Å². The molecule has 0 atom stereocenters. The molecular formula is C18H24N4O2S2. The van der Waals surface area contributed by atoms with Crippen molar-refractivity contribution >= 4 is 27.6 Å². The van der Waals surface area contributed by atoms with Gasteiger partial charge in [-0.2, -0.15) is 0 Å². The van der Waals surface area contributed by atoms with Gasteiger partial charge >= 0.3 is 0 Å². The first-order valence-corrected chi connectivity index (χ1v) is 11.5. The zero-order valence-electron chi connectivity index (χ0n) is 14.8. The summed E-state index contributed by atoms with van der Waals surface area (Å²) in [4.78, 5) is 8.88. The van der Waals surface area contributed by atoms with E-state index in [4.69, 9.17) is 0 Å². The van der Waals surface area contributed by atoms with Gasteiger partial charge in [0.05, 0.1) is 18.6 Å². The van der Waals surface area contributed by atoms with Crippen LogP contribution < -0.4 is 5.32 Å². The number of aromatic nitrogens is 2. The molecule has 1 saturated heterocycles. The van der Waals surface area contributed by atoms with Crippen molar-refractivity contribution < 1.29 is 8.42 Å². The smallest absolute Gasteiger partial charge is 0.211 e. The van der Waals surface area contributed by atoms with Crippen LogP contribution in [0.1, 0.15) is 18.4 Å². The second-order valence-corrected chi connectivity index (χ2v) is 9.48. The molecule has 1 N–H and O–H groups in total. The number of hydrogen-bond donors (Lipinski definition) is 1. The minimum atomic E-state index is -3.06. The molecule has 1 aromatic carbocycles. The average Bonchev–Trinajstić information content (AvgIpc) is 2.66. The second-order valence-electron chi connectivity index (χ2n) is 6.50. The summed E-state index contributed by atoms with van der Waals surface area (Å²) in [6, 6.07) is 10.3. The molecule has 1 aliphatic heterocycles. The molecule has 0 spiro atoms. The Hall–Kier alpha value is -1.64. The largest absolute Gasteiger partial charge is 0.368 e. The highest BCUT2D eigenvalue weighted by atomic mass is 32.2. The van der Waals surface area contributed by atoms with E-state index in [0.29, 0.717) is 19.0 Å². The third-order valence-corrected chi connectivity index (χ3v) is 6.73. The molecule has 1 aromatic heterocycles. The molecule has 26 heavy (non-hydrogen) atoms. The van der Waals surface area contributed by atoms with E-state index in [0.717, 1.165) is 36.0 Å². The number of thioether (sulfide) groups is 1. The van der Waals surface area contributed by atoms with Gasteiger partial charge in [0.2, 0.25) is 10.0 Å². The molecule has 6 nitrogen and oxygen atoms in total. The molecule has 2 heterocycles. The Morgan fingerprint density at radius 1 is 1.19 bits per heavy atom. The van der Waals surface area contributed by atoms with Crippen LogP contribution >= 0.6 is 11.8 Å². The standard InChI is InChI=1S/C18H24N4O2S2/c1-26(23,24)22-9-7-15(8-10-22)11-20-17-12-19-13-18(21-17)25-14-16-5-3-2-4-6-16/h2-6,12-13,15H,7-11,14H2,1H3,(H,20,21). The van der Waals surface area contributed by atoms with Crippen molar-refractivity contribution in [2.45, 2.75) is 23.6 Å². The Bertz CT molecular complexity index is 807. The maximum atomic E-state index is 11.6. The van der Waals surface area contributed by atoms with Crippen molar-refractivity contribution in [3.05, 3.63) is 48.3 Å². The zero-order valence-corrected chi connectivity index (χ0v) is 16.5. The molecule has 3 rings (SSSR count). The molecule has 0 bridgehead atoms. The molecular weight excluding hydrogens is 368 g/mol. The number of rotatable bonds is 7. The number of piperidine rings is 1. The first-order valence-electron chi connectivity index (χ1n) is 8.68. The Morgan fingerprint density at radius 2 is 1.92 bits per heavy atom. The molecule has 0 radical (unpaired) electrons. The lowest BCUT2D eigenvalue weighted by Gasteiger charge is -2.30. The summed E-state index contributed by atoms with van der Waals surface area (Å²) >= 11 is 1.67. The number of benzene rings is 1. The van der Waals surface area contributed by atoms with Crippen LogP contribution in [0.5, 0.6) is 0 Å². The van der Waals surface area contributed by atoms with Gasteiger partial charge in [-0.3, -0.25) is 4.98 Å². The quantitative estimate of drug-likeness (QED) is 0.730. The van der Waals surface area contributed by atoms with Crippen LogP contribution in [0, 0.1) is 5.92 Å². The van der Waals surface area contributed by atoms with Gasteiger partial charge in [-0.25, -0.2) is 17.7 Å². The Kier molecular flexibility index (Phi) is 6.50. The van der Waals surface area contributed by atoms with Crippen molar-refractivity contribution in [2.24, 2.45) is 5.92 Å². The molecule has 0 aliphatic carbocycles. The van der Waals surface area contributed by atoms with Crippen molar-refractivity contribution in [3.8, 4) is 0 Å². The molecule has 8 heteroatoms. The fraction of sp³-hybridized carbons (Fsp3) is 0.444. The van der Waals surface area contributed by atoms with Gasteiger partial charge in [0, 0.05) is 25.4 Å². The minimum Gasteiger partial charge on any atom is -0.368 e. The number of nitrogens with zero attached hydrogens (tertiary/aromatic N) is 3. The third-order valence-electron chi connectivity index (χ3n) is 4.46. The van der Waals surface area contributed by atoms with Crippen LogP contribution in [-0.2, 0) is 15.8 Å². The van der Waals surface area contributed by atoms with Gasteiger partial charge in [0.25, 0.3) is 0 Å². The molecule has 2 aromatic rings. The molecule has 0 amide bonds. The topological polar surface area (TPSA) is 75.2 Å². The van der Waals surface area contributed by atoms with E-state index in [2.05, 4.69) is 27.4 Å². The van der Waals surface area contributed by atoms with Gasteiger partial charge in [-0.05, 0) is 24.3 Å².